The zero-order chi connectivity index (χ0) is 13.9. The van der Waals surface area contributed by atoms with Crippen molar-refractivity contribution in [2.75, 3.05) is 39.8 Å². The molecule has 2 aliphatic rings. The third-order valence-electron chi connectivity index (χ3n) is 4.63. The standard InChI is InChI=1S/C16H32N2O/c1-16(2,3)19-12-7-14-5-6-15(13-14)18-10-8-17(4)9-11-18/h14-15H,5-13H2,1-4H3. The second kappa shape index (κ2) is 6.55. The van der Waals surface area contributed by atoms with Crippen molar-refractivity contribution < 1.29 is 4.74 Å². The molecule has 1 heterocycles. The van der Waals surface area contributed by atoms with E-state index in [1.807, 2.05) is 0 Å². The Morgan fingerprint density at radius 2 is 1.74 bits per heavy atom. The molecule has 3 heteroatoms. The van der Waals surface area contributed by atoms with Crippen LogP contribution < -0.4 is 0 Å². The van der Waals surface area contributed by atoms with Gasteiger partial charge in [0, 0.05) is 38.8 Å². The van der Waals surface area contributed by atoms with Gasteiger partial charge >= 0.3 is 0 Å². The molecular weight excluding hydrogens is 236 g/mol. The summed E-state index contributed by atoms with van der Waals surface area (Å²) in [5, 5.41) is 0. The van der Waals surface area contributed by atoms with Crippen LogP contribution in [0.2, 0.25) is 0 Å². The van der Waals surface area contributed by atoms with E-state index < -0.39 is 0 Å². The van der Waals surface area contributed by atoms with Gasteiger partial charge in [0.05, 0.1) is 5.60 Å². The lowest BCUT2D eigenvalue weighted by atomic mass is 10.0. The van der Waals surface area contributed by atoms with Gasteiger partial charge in [-0.25, -0.2) is 0 Å². The first-order valence-corrected chi connectivity index (χ1v) is 8.00. The van der Waals surface area contributed by atoms with Crippen LogP contribution in [-0.2, 0) is 4.74 Å². The minimum atomic E-state index is 0.0233. The average molecular weight is 268 g/mol. The molecule has 0 radical (unpaired) electrons. The molecule has 0 N–H and O–H groups in total. The molecule has 1 aliphatic heterocycles. The number of nitrogens with zero attached hydrogens (tertiary/aromatic N) is 2. The molecule has 0 amide bonds. The Bertz CT molecular complexity index is 266. The second-order valence-corrected chi connectivity index (χ2v) is 7.42. The van der Waals surface area contributed by atoms with E-state index in [4.69, 9.17) is 4.74 Å². The van der Waals surface area contributed by atoms with E-state index in [0.717, 1.165) is 18.6 Å². The fraction of sp³-hybridized carbons (Fsp3) is 1.00. The summed E-state index contributed by atoms with van der Waals surface area (Å²) in [6, 6.07) is 0.855. The van der Waals surface area contributed by atoms with Crippen LogP contribution in [0.25, 0.3) is 0 Å². The summed E-state index contributed by atoms with van der Waals surface area (Å²) in [6.45, 7) is 12.4. The largest absolute Gasteiger partial charge is 0.376 e. The third-order valence-corrected chi connectivity index (χ3v) is 4.63. The molecule has 0 spiro atoms. The molecular formula is C16H32N2O. The van der Waals surface area contributed by atoms with Gasteiger partial charge in [-0.3, -0.25) is 4.90 Å². The maximum atomic E-state index is 5.87. The van der Waals surface area contributed by atoms with Crippen LogP contribution in [0.4, 0.5) is 0 Å². The number of hydrogen-bond acceptors (Lipinski definition) is 3. The Kier molecular flexibility index (Phi) is 5.27. The predicted molar refractivity (Wildman–Crippen MR) is 80.5 cm³/mol. The van der Waals surface area contributed by atoms with Gasteiger partial charge in [0.25, 0.3) is 0 Å². The number of ether oxygens (including phenoxy) is 1. The molecule has 2 atom stereocenters. The van der Waals surface area contributed by atoms with E-state index in [9.17, 15) is 0 Å². The van der Waals surface area contributed by atoms with Crippen LogP contribution >= 0.6 is 0 Å². The van der Waals surface area contributed by atoms with Crippen molar-refractivity contribution in [3.8, 4) is 0 Å². The first kappa shape index (κ1) is 15.3. The number of rotatable bonds is 4. The highest BCUT2D eigenvalue weighted by molar-refractivity contribution is 4.85. The first-order chi connectivity index (χ1) is 8.94. The van der Waals surface area contributed by atoms with E-state index in [1.54, 1.807) is 0 Å². The third kappa shape index (κ3) is 5.05. The van der Waals surface area contributed by atoms with Crippen molar-refractivity contribution in [1.82, 2.24) is 9.80 Å². The number of likely N-dealkylation sites (N-methyl/N-ethyl adjacent to an activating group) is 1. The Morgan fingerprint density at radius 1 is 1.05 bits per heavy atom. The molecule has 112 valence electrons. The van der Waals surface area contributed by atoms with Gasteiger partial charge < -0.3 is 9.64 Å². The van der Waals surface area contributed by atoms with Crippen LogP contribution in [0, 0.1) is 5.92 Å². The maximum Gasteiger partial charge on any atom is 0.0598 e. The van der Waals surface area contributed by atoms with Gasteiger partial charge in [0.1, 0.15) is 0 Å². The SMILES string of the molecule is CN1CCN(C2CCC(CCOC(C)(C)C)C2)CC1. The van der Waals surface area contributed by atoms with Crippen LogP contribution in [0.5, 0.6) is 0 Å². The van der Waals surface area contributed by atoms with E-state index in [0.29, 0.717) is 0 Å². The molecule has 1 saturated carbocycles. The van der Waals surface area contributed by atoms with Crippen LogP contribution in [0.15, 0.2) is 0 Å². The minimum absolute atomic E-state index is 0.0233. The molecule has 0 aromatic heterocycles. The maximum absolute atomic E-state index is 5.87. The molecule has 0 aromatic rings. The van der Waals surface area contributed by atoms with Gasteiger partial charge in [-0.1, -0.05) is 0 Å². The Balaban J connectivity index is 1.65. The summed E-state index contributed by atoms with van der Waals surface area (Å²) in [7, 11) is 2.23. The molecule has 1 saturated heterocycles. The van der Waals surface area contributed by atoms with Crippen molar-refractivity contribution in [3.05, 3.63) is 0 Å². The molecule has 0 bridgehead atoms. The van der Waals surface area contributed by atoms with Gasteiger partial charge in [0.15, 0.2) is 0 Å². The van der Waals surface area contributed by atoms with Crippen molar-refractivity contribution in [3.63, 3.8) is 0 Å². The van der Waals surface area contributed by atoms with Gasteiger partial charge in [-0.2, -0.15) is 0 Å². The van der Waals surface area contributed by atoms with Crippen molar-refractivity contribution >= 4 is 0 Å². The van der Waals surface area contributed by atoms with Crippen LogP contribution in [0.3, 0.4) is 0 Å². The zero-order valence-corrected chi connectivity index (χ0v) is 13.3. The molecule has 2 rings (SSSR count). The molecule has 19 heavy (non-hydrogen) atoms. The van der Waals surface area contributed by atoms with Crippen LogP contribution in [0.1, 0.15) is 46.5 Å². The quantitative estimate of drug-likeness (QED) is 0.779. The van der Waals surface area contributed by atoms with Crippen molar-refractivity contribution in [1.29, 1.82) is 0 Å². The highest BCUT2D eigenvalue weighted by Crippen LogP contribution is 2.32. The molecule has 2 fully saturated rings. The summed E-state index contributed by atoms with van der Waals surface area (Å²) in [4.78, 5) is 5.17. The normalized spacial score (nSPS) is 30.9. The summed E-state index contributed by atoms with van der Waals surface area (Å²) in [5.74, 6) is 0.895. The lowest BCUT2D eigenvalue weighted by Crippen LogP contribution is -2.48. The predicted octanol–water partition coefficient (Wildman–Crippen LogP) is 2.61. The Hall–Kier alpha value is -0.120. The highest BCUT2D eigenvalue weighted by atomic mass is 16.5. The van der Waals surface area contributed by atoms with Gasteiger partial charge in [0.2, 0.25) is 0 Å². The lowest BCUT2D eigenvalue weighted by Gasteiger charge is -2.36. The highest BCUT2D eigenvalue weighted by Gasteiger charge is 2.30. The van der Waals surface area contributed by atoms with E-state index >= 15 is 0 Å². The monoisotopic (exact) mass is 268 g/mol. The lowest BCUT2D eigenvalue weighted by molar-refractivity contribution is -0.00937. The van der Waals surface area contributed by atoms with E-state index in [1.165, 1.54) is 51.9 Å². The minimum Gasteiger partial charge on any atom is -0.376 e. The van der Waals surface area contributed by atoms with Crippen molar-refractivity contribution in [2.24, 2.45) is 5.92 Å². The topological polar surface area (TPSA) is 15.7 Å². The van der Waals surface area contributed by atoms with Crippen LogP contribution in [-0.4, -0.2) is 61.3 Å². The molecule has 2 unspecified atom stereocenters. The Labute approximate surface area is 119 Å². The summed E-state index contributed by atoms with van der Waals surface area (Å²) in [6.07, 6.45) is 5.47. The zero-order valence-electron chi connectivity index (χ0n) is 13.3. The van der Waals surface area contributed by atoms with Gasteiger partial charge in [-0.05, 0) is 59.4 Å². The molecule has 0 aromatic carbocycles. The van der Waals surface area contributed by atoms with Gasteiger partial charge in [-0.15, -0.1) is 0 Å². The summed E-state index contributed by atoms with van der Waals surface area (Å²) in [5.41, 5.74) is 0.0233. The Morgan fingerprint density at radius 3 is 2.37 bits per heavy atom. The smallest absolute Gasteiger partial charge is 0.0598 e. The fourth-order valence-electron chi connectivity index (χ4n) is 3.36. The second-order valence-electron chi connectivity index (χ2n) is 7.42. The fourth-order valence-corrected chi connectivity index (χ4v) is 3.36. The molecule has 3 nitrogen and oxygen atoms in total. The summed E-state index contributed by atoms with van der Waals surface area (Å²) >= 11 is 0. The first-order valence-electron chi connectivity index (χ1n) is 8.00. The number of piperazine rings is 1. The molecule has 1 aliphatic carbocycles. The summed E-state index contributed by atoms with van der Waals surface area (Å²) < 4.78 is 5.87. The van der Waals surface area contributed by atoms with E-state index in [-0.39, 0.29) is 5.60 Å². The van der Waals surface area contributed by atoms with Crippen molar-refractivity contribution in [2.45, 2.75) is 58.1 Å². The van der Waals surface area contributed by atoms with E-state index in [2.05, 4.69) is 37.6 Å². The average Bonchev–Trinajstić information content (AvgIpc) is 2.77. The number of hydrogen-bond donors (Lipinski definition) is 0.